The molecule has 0 bridgehead atoms. The number of nitrogens with zero attached hydrogens (tertiary/aromatic N) is 1. The van der Waals surface area contributed by atoms with Gasteiger partial charge in [0.15, 0.2) is 0 Å². The molecule has 0 radical (unpaired) electrons. The molecule has 1 heterocycles. The molecule has 0 spiro atoms. The monoisotopic (exact) mass is 451 g/mol. The number of halogens is 1. The Kier molecular flexibility index (Phi) is 6.58. The van der Waals surface area contributed by atoms with Crippen LogP contribution in [0.1, 0.15) is 24.4 Å². The van der Waals surface area contributed by atoms with Crippen molar-refractivity contribution in [3.05, 3.63) is 58.1 Å². The minimum Gasteiger partial charge on any atom is -0.351 e. The number of amides is 1. The predicted molar refractivity (Wildman–Crippen MR) is 117 cm³/mol. The third-order valence-electron chi connectivity index (χ3n) is 4.42. The fraction of sp³-hybridized carbons (Fsp3) is 0.300. The van der Waals surface area contributed by atoms with Gasteiger partial charge in [0.25, 0.3) is 0 Å². The van der Waals surface area contributed by atoms with E-state index >= 15 is 0 Å². The standard InChI is InChI=1S/C20H22ClN3O3S2/c1-12(2)19(20(25)22-11-14-6-4-5-7-16(14)21)24-29(26,27)15-8-9-17-18(10-15)28-13(3)23-17/h4-10,12,19,24H,11H2,1-3H3,(H,22,25)/t19-/m1/s1. The number of carbonyl (C=O) groups is 1. The molecule has 0 aliphatic heterocycles. The number of nitrogens with one attached hydrogen (secondary N) is 2. The summed E-state index contributed by atoms with van der Waals surface area (Å²) < 4.78 is 29.1. The third-order valence-corrected chi connectivity index (χ3v) is 7.16. The van der Waals surface area contributed by atoms with Gasteiger partial charge in [-0.2, -0.15) is 4.72 Å². The molecule has 1 aromatic heterocycles. The summed E-state index contributed by atoms with van der Waals surface area (Å²) in [6.45, 7) is 5.67. The molecule has 0 saturated carbocycles. The number of hydrogen-bond acceptors (Lipinski definition) is 5. The van der Waals surface area contributed by atoms with E-state index in [2.05, 4.69) is 15.0 Å². The van der Waals surface area contributed by atoms with Crippen LogP contribution in [0.5, 0.6) is 0 Å². The molecule has 29 heavy (non-hydrogen) atoms. The third kappa shape index (κ3) is 5.14. The van der Waals surface area contributed by atoms with E-state index in [4.69, 9.17) is 11.6 Å². The number of benzene rings is 2. The second-order valence-corrected chi connectivity index (χ2v) is 10.4. The van der Waals surface area contributed by atoms with Crippen molar-refractivity contribution in [3.63, 3.8) is 0 Å². The van der Waals surface area contributed by atoms with Crippen molar-refractivity contribution in [2.75, 3.05) is 0 Å². The second kappa shape index (κ2) is 8.79. The van der Waals surface area contributed by atoms with Gasteiger partial charge in [-0.15, -0.1) is 11.3 Å². The largest absolute Gasteiger partial charge is 0.351 e. The minimum atomic E-state index is -3.88. The predicted octanol–water partition coefficient (Wildman–Crippen LogP) is 3.88. The van der Waals surface area contributed by atoms with Crippen LogP contribution in [0.25, 0.3) is 10.2 Å². The molecular weight excluding hydrogens is 430 g/mol. The van der Waals surface area contributed by atoms with Crippen LogP contribution in [0, 0.1) is 12.8 Å². The van der Waals surface area contributed by atoms with Crippen LogP contribution >= 0.6 is 22.9 Å². The Labute approximate surface area is 179 Å². The van der Waals surface area contributed by atoms with E-state index in [1.807, 2.05) is 19.1 Å². The molecule has 0 aliphatic rings. The van der Waals surface area contributed by atoms with Crippen LogP contribution in [0.3, 0.4) is 0 Å². The van der Waals surface area contributed by atoms with Crippen molar-refractivity contribution < 1.29 is 13.2 Å². The van der Waals surface area contributed by atoms with Crippen molar-refractivity contribution in [3.8, 4) is 0 Å². The van der Waals surface area contributed by atoms with Crippen molar-refractivity contribution in [2.24, 2.45) is 5.92 Å². The highest BCUT2D eigenvalue weighted by molar-refractivity contribution is 7.89. The second-order valence-electron chi connectivity index (χ2n) is 7.01. The van der Waals surface area contributed by atoms with Crippen LogP contribution in [0.2, 0.25) is 5.02 Å². The summed E-state index contributed by atoms with van der Waals surface area (Å²) in [6.07, 6.45) is 0. The number of aromatic nitrogens is 1. The van der Waals surface area contributed by atoms with Crippen molar-refractivity contribution in [1.82, 2.24) is 15.0 Å². The first kappa shape index (κ1) is 21.7. The van der Waals surface area contributed by atoms with E-state index in [-0.39, 0.29) is 17.4 Å². The molecule has 0 fully saturated rings. The van der Waals surface area contributed by atoms with Gasteiger partial charge in [-0.3, -0.25) is 4.79 Å². The molecule has 154 valence electrons. The van der Waals surface area contributed by atoms with Crippen molar-refractivity contribution in [2.45, 2.75) is 38.3 Å². The Morgan fingerprint density at radius 3 is 2.62 bits per heavy atom. The number of fused-ring (bicyclic) bond motifs is 1. The number of thiazole rings is 1. The molecule has 0 unspecified atom stereocenters. The maximum atomic E-state index is 12.9. The lowest BCUT2D eigenvalue weighted by Gasteiger charge is -2.22. The summed E-state index contributed by atoms with van der Waals surface area (Å²) in [7, 11) is -3.88. The van der Waals surface area contributed by atoms with E-state index in [0.29, 0.717) is 5.02 Å². The molecule has 0 aliphatic carbocycles. The van der Waals surface area contributed by atoms with Gasteiger partial charge in [0.1, 0.15) is 6.04 Å². The molecule has 6 nitrogen and oxygen atoms in total. The lowest BCUT2D eigenvalue weighted by molar-refractivity contribution is -0.123. The van der Waals surface area contributed by atoms with Gasteiger partial charge >= 0.3 is 0 Å². The Morgan fingerprint density at radius 2 is 1.93 bits per heavy atom. The number of aryl methyl sites for hydroxylation is 1. The summed E-state index contributed by atoms with van der Waals surface area (Å²) in [5.74, 6) is -0.649. The molecular formula is C20H22ClN3O3S2. The SMILES string of the molecule is Cc1nc2ccc(S(=O)(=O)N[C@@H](C(=O)NCc3ccccc3Cl)C(C)C)cc2s1. The summed E-state index contributed by atoms with van der Waals surface area (Å²) in [5, 5.41) is 4.18. The Bertz CT molecular complexity index is 1140. The Morgan fingerprint density at radius 1 is 1.21 bits per heavy atom. The average molecular weight is 452 g/mol. The van der Waals surface area contributed by atoms with Gasteiger partial charge in [-0.05, 0) is 42.7 Å². The van der Waals surface area contributed by atoms with E-state index in [0.717, 1.165) is 20.8 Å². The Balaban J connectivity index is 1.77. The molecule has 1 atom stereocenters. The van der Waals surface area contributed by atoms with Gasteiger partial charge < -0.3 is 5.32 Å². The molecule has 3 aromatic rings. The number of carbonyl (C=O) groups excluding carboxylic acids is 1. The van der Waals surface area contributed by atoms with Gasteiger partial charge in [0, 0.05) is 11.6 Å². The number of rotatable bonds is 7. The summed E-state index contributed by atoms with van der Waals surface area (Å²) in [4.78, 5) is 17.2. The van der Waals surface area contributed by atoms with Gasteiger partial charge in [-0.25, -0.2) is 13.4 Å². The van der Waals surface area contributed by atoms with E-state index in [1.165, 1.54) is 17.4 Å². The zero-order chi connectivity index (χ0) is 21.2. The fourth-order valence-corrected chi connectivity index (χ4v) is 5.36. The van der Waals surface area contributed by atoms with Crippen LogP contribution < -0.4 is 10.0 Å². The highest BCUT2D eigenvalue weighted by Crippen LogP contribution is 2.25. The maximum absolute atomic E-state index is 12.9. The van der Waals surface area contributed by atoms with E-state index < -0.39 is 22.0 Å². The lowest BCUT2D eigenvalue weighted by atomic mass is 10.0. The minimum absolute atomic E-state index is 0.109. The van der Waals surface area contributed by atoms with Crippen molar-refractivity contribution >= 4 is 49.1 Å². The van der Waals surface area contributed by atoms with Gasteiger partial charge in [-0.1, -0.05) is 43.6 Å². The lowest BCUT2D eigenvalue weighted by Crippen LogP contribution is -2.49. The first-order valence-corrected chi connectivity index (χ1v) is 11.8. The molecule has 2 aromatic carbocycles. The summed E-state index contributed by atoms with van der Waals surface area (Å²) in [6, 6.07) is 11.0. The van der Waals surface area contributed by atoms with Crippen LogP contribution in [0.4, 0.5) is 0 Å². The number of sulfonamides is 1. The zero-order valence-corrected chi connectivity index (χ0v) is 18.7. The summed E-state index contributed by atoms with van der Waals surface area (Å²) in [5.41, 5.74) is 1.52. The average Bonchev–Trinajstić information content (AvgIpc) is 3.04. The van der Waals surface area contributed by atoms with Gasteiger partial charge in [0.05, 0.1) is 20.1 Å². The first-order valence-electron chi connectivity index (χ1n) is 9.08. The molecule has 1 amide bonds. The highest BCUT2D eigenvalue weighted by atomic mass is 35.5. The molecule has 3 rings (SSSR count). The van der Waals surface area contributed by atoms with Crippen LogP contribution in [0.15, 0.2) is 47.4 Å². The fourth-order valence-electron chi connectivity index (χ4n) is 2.85. The van der Waals surface area contributed by atoms with E-state index in [1.54, 1.807) is 38.1 Å². The molecule has 2 N–H and O–H groups in total. The zero-order valence-electron chi connectivity index (χ0n) is 16.3. The quantitative estimate of drug-likeness (QED) is 0.570. The first-order chi connectivity index (χ1) is 13.7. The van der Waals surface area contributed by atoms with Crippen LogP contribution in [-0.2, 0) is 21.4 Å². The maximum Gasteiger partial charge on any atom is 0.241 e. The van der Waals surface area contributed by atoms with Crippen LogP contribution in [-0.4, -0.2) is 25.4 Å². The highest BCUT2D eigenvalue weighted by Gasteiger charge is 2.28. The molecule has 0 saturated heterocycles. The topological polar surface area (TPSA) is 88.2 Å². The van der Waals surface area contributed by atoms with Crippen molar-refractivity contribution in [1.29, 1.82) is 0 Å². The summed E-state index contributed by atoms with van der Waals surface area (Å²) >= 11 is 7.54. The molecule has 9 heteroatoms. The Hall–Kier alpha value is -2.00. The number of hydrogen-bond donors (Lipinski definition) is 2. The normalized spacial score (nSPS) is 13.0. The van der Waals surface area contributed by atoms with Gasteiger partial charge in [0.2, 0.25) is 15.9 Å². The van der Waals surface area contributed by atoms with E-state index in [9.17, 15) is 13.2 Å². The smallest absolute Gasteiger partial charge is 0.241 e.